The van der Waals surface area contributed by atoms with Crippen LogP contribution in [0, 0.1) is 0 Å². The molecular weight excluding hydrogens is 370 g/mol. The largest absolute Gasteiger partial charge is 0.469 e. The van der Waals surface area contributed by atoms with Crippen molar-refractivity contribution in [3.8, 4) is 0 Å². The molecule has 6 nitrogen and oxygen atoms in total. The minimum atomic E-state index is -0.663. The predicted octanol–water partition coefficient (Wildman–Crippen LogP) is 3.28. The first-order chi connectivity index (χ1) is 13.8. The van der Waals surface area contributed by atoms with E-state index in [4.69, 9.17) is 14.2 Å². The first-order valence-corrected chi connectivity index (χ1v) is 9.69. The molecule has 0 bridgehead atoms. The van der Waals surface area contributed by atoms with Gasteiger partial charge in [-0.3, -0.25) is 9.59 Å². The molecule has 2 atom stereocenters. The summed E-state index contributed by atoms with van der Waals surface area (Å²) in [5.41, 5.74) is 3.68. The van der Waals surface area contributed by atoms with Crippen molar-refractivity contribution in [2.45, 2.75) is 38.2 Å². The molecule has 152 valence electrons. The molecular formula is C23H25NO5. The van der Waals surface area contributed by atoms with Crippen LogP contribution in [-0.4, -0.2) is 44.4 Å². The summed E-state index contributed by atoms with van der Waals surface area (Å²) in [7, 11) is 3.32. The van der Waals surface area contributed by atoms with Crippen molar-refractivity contribution in [2.24, 2.45) is 0 Å². The van der Waals surface area contributed by atoms with Gasteiger partial charge >= 0.3 is 5.97 Å². The zero-order valence-electron chi connectivity index (χ0n) is 17.1. The van der Waals surface area contributed by atoms with Crippen LogP contribution in [-0.2, 0) is 25.4 Å². The van der Waals surface area contributed by atoms with Gasteiger partial charge in [-0.15, -0.1) is 0 Å². The molecule has 2 aliphatic rings. The summed E-state index contributed by atoms with van der Waals surface area (Å²) >= 11 is 0. The number of methoxy groups -OCH3 is 1. The van der Waals surface area contributed by atoms with E-state index in [-0.39, 0.29) is 30.3 Å². The molecule has 0 aliphatic carbocycles. The van der Waals surface area contributed by atoms with Crippen molar-refractivity contribution < 1.29 is 23.8 Å². The molecule has 29 heavy (non-hydrogen) atoms. The maximum Gasteiger partial charge on any atom is 0.309 e. The van der Waals surface area contributed by atoms with Crippen LogP contribution in [0.3, 0.4) is 0 Å². The van der Waals surface area contributed by atoms with Gasteiger partial charge in [-0.2, -0.15) is 0 Å². The van der Waals surface area contributed by atoms with Crippen LogP contribution in [0.1, 0.15) is 46.9 Å². The molecule has 0 aromatic heterocycles. The van der Waals surface area contributed by atoms with Crippen molar-refractivity contribution in [1.29, 1.82) is 0 Å². The van der Waals surface area contributed by atoms with Gasteiger partial charge in [-0.1, -0.05) is 30.3 Å². The average Bonchev–Trinajstić information content (AvgIpc) is 3.03. The van der Waals surface area contributed by atoms with E-state index in [0.717, 1.165) is 16.8 Å². The Bertz CT molecular complexity index is 967. The fourth-order valence-electron chi connectivity index (χ4n) is 4.21. The molecule has 1 saturated heterocycles. The van der Waals surface area contributed by atoms with E-state index < -0.39 is 5.79 Å². The average molecular weight is 395 g/mol. The third-order valence-corrected chi connectivity index (χ3v) is 5.59. The summed E-state index contributed by atoms with van der Waals surface area (Å²) in [6, 6.07) is 13.0. The number of nitrogens with zero attached hydrogens (tertiary/aromatic N) is 1. The second-order valence-corrected chi connectivity index (χ2v) is 7.94. The van der Waals surface area contributed by atoms with Crippen LogP contribution in [0.4, 0.5) is 5.69 Å². The van der Waals surface area contributed by atoms with Crippen molar-refractivity contribution in [3.05, 3.63) is 64.7 Å². The van der Waals surface area contributed by atoms with Crippen LogP contribution >= 0.6 is 0 Å². The Morgan fingerprint density at radius 2 is 1.97 bits per heavy atom. The van der Waals surface area contributed by atoms with Crippen LogP contribution in [0.2, 0.25) is 0 Å². The highest BCUT2D eigenvalue weighted by Gasteiger charge is 2.43. The first kappa shape index (κ1) is 19.6. The van der Waals surface area contributed by atoms with Gasteiger partial charge in [0.2, 0.25) is 0 Å². The number of hydrogen-bond acceptors (Lipinski definition) is 6. The Balaban J connectivity index is 1.82. The summed E-state index contributed by atoms with van der Waals surface area (Å²) in [4.78, 5) is 27.2. The molecule has 1 fully saturated rings. The van der Waals surface area contributed by atoms with E-state index in [0.29, 0.717) is 17.7 Å². The lowest BCUT2D eigenvalue weighted by Gasteiger charge is -2.34. The van der Waals surface area contributed by atoms with Gasteiger partial charge in [0.1, 0.15) is 6.10 Å². The van der Waals surface area contributed by atoms with Gasteiger partial charge in [-0.05, 0) is 37.1 Å². The molecule has 0 saturated carbocycles. The molecule has 4 rings (SSSR count). The lowest BCUT2D eigenvalue weighted by Crippen LogP contribution is -2.36. The van der Waals surface area contributed by atoms with E-state index in [9.17, 15) is 9.59 Å². The van der Waals surface area contributed by atoms with E-state index in [2.05, 4.69) is 4.90 Å². The number of esters is 1. The van der Waals surface area contributed by atoms with E-state index in [1.54, 1.807) is 6.07 Å². The van der Waals surface area contributed by atoms with Gasteiger partial charge in [0, 0.05) is 23.9 Å². The maximum absolute atomic E-state index is 13.5. The second-order valence-electron chi connectivity index (χ2n) is 7.94. The lowest BCUT2D eigenvalue weighted by atomic mass is 9.93. The Morgan fingerprint density at radius 1 is 1.21 bits per heavy atom. The van der Waals surface area contributed by atoms with Gasteiger partial charge < -0.3 is 19.1 Å². The van der Waals surface area contributed by atoms with Gasteiger partial charge in [-0.25, -0.2) is 0 Å². The highest BCUT2D eigenvalue weighted by molar-refractivity contribution is 6.14. The quantitative estimate of drug-likeness (QED) is 0.743. The third kappa shape index (κ3) is 3.54. The highest BCUT2D eigenvalue weighted by Crippen LogP contribution is 2.42. The normalized spacial score (nSPS) is 22.6. The smallest absolute Gasteiger partial charge is 0.309 e. The van der Waals surface area contributed by atoms with Crippen LogP contribution in [0.15, 0.2) is 42.5 Å². The number of rotatable bonds is 3. The molecule has 2 aromatic rings. The Kier molecular flexibility index (Phi) is 4.92. The molecule has 0 amide bonds. The highest BCUT2D eigenvalue weighted by atomic mass is 16.7. The molecule has 0 N–H and O–H groups in total. The zero-order chi connectivity index (χ0) is 20.8. The standard InChI is InChI=1S/C23H25NO5/c1-23(2)28-13-19(29-23)21-15-7-5-6-8-16(15)22(26)17-11-14(12-20(25)27-4)9-10-18(17)24(21)3/h5-11,19,21H,12-13H2,1-4H3. The summed E-state index contributed by atoms with van der Waals surface area (Å²) < 4.78 is 16.8. The molecule has 2 unspecified atom stereocenters. The minimum Gasteiger partial charge on any atom is -0.469 e. The lowest BCUT2D eigenvalue weighted by molar-refractivity contribution is -0.141. The van der Waals surface area contributed by atoms with Crippen LogP contribution < -0.4 is 4.90 Å². The molecule has 2 aliphatic heterocycles. The topological polar surface area (TPSA) is 65.1 Å². The second kappa shape index (κ2) is 7.28. The predicted molar refractivity (Wildman–Crippen MR) is 108 cm³/mol. The SMILES string of the molecule is COC(=O)Cc1ccc2c(c1)C(=O)c1ccccc1C(C1COC(C)(C)O1)N2C. The van der Waals surface area contributed by atoms with Crippen LogP contribution in [0.25, 0.3) is 0 Å². The summed E-state index contributed by atoms with van der Waals surface area (Å²) in [6.07, 6.45) is -0.0933. The van der Waals surface area contributed by atoms with Gasteiger partial charge in [0.05, 0.1) is 26.2 Å². The number of anilines is 1. The monoisotopic (exact) mass is 395 g/mol. The third-order valence-electron chi connectivity index (χ3n) is 5.59. The first-order valence-electron chi connectivity index (χ1n) is 9.69. The maximum atomic E-state index is 13.5. The van der Waals surface area contributed by atoms with Crippen molar-refractivity contribution in [3.63, 3.8) is 0 Å². The van der Waals surface area contributed by atoms with Crippen molar-refractivity contribution in [1.82, 2.24) is 0 Å². The number of carbonyl (C=O) groups is 2. The number of ketones is 1. The summed E-state index contributed by atoms with van der Waals surface area (Å²) in [6.45, 7) is 4.24. The molecule has 2 heterocycles. The number of ether oxygens (including phenoxy) is 3. The fraction of sp³-hybridized carbons (Fsp3) is 0.391. The fourth-order valence-corrected chi connectivity index (χ4v) is 4.21. The number of benzene rings is 2. The zero-order valence-corrected chi connectivity index (χ0v) is 17.1. The van der Waals surface area contributed by atoms with E-state index in [1.807, 2.05) is 57.3 Å². The number of hydrogen-bond donors (Lipinski definition) is 0. The van der Waals surface area contributed by atoms with Gasteiger partial charge in [0.25, 0.3) is 0 Å². The molecule has 0 radical (unpaired) electrons. The molecule has 2 aromatic carbocycles. The van der Waals surface area contributed by atoms with Crippen molar-refractivity contribution in [2.75, 3.05) is 25.7 Å². The van der Waals surface area contributed by atoms with E-state index in [1.165, 1.54) is 7.11 Å². The number of likely N-dealkylation sites (N-methyl/N-ethyl adjacent to an activating group) is 1. The Labute approximate surface area is 170 Å². The Hall–Kier alpha value is -2.70. The van der Waals surface area contributed by atoms with Gasteiger partial charge in [0.15, 0.2) is 11.6 Å². The van der Waals surface area contributed by atoms with Crippen molar-refractivity contribution >= 4 is 17.4 Å². The molecule has 0 spiro atoms. The van der Waals surface area contributed by atoms with E-state index >= 15 is 0 Å². The summed E-state index contributed by atoms with van der Waals surface area (Å²) in [5, 5.41) is 0. The summed E-state index contributed by atoms with van der Waals surface area (Å²) in [5.74, 6) is -1.06. The number of carbonyl (C=O) groups excluding carboxylic acids is 2. The minimum absolute atomic E-state index is 0.0603. The van der Waals surface area contributed by atoms with Crippen LogP contribution in [0.5, 0.6) is 0 Å². The number of fused-ring (bicyclic) bond motifs is 2. The molecule has 6 heteroatoms. The Morgan fingerprint density at radius 3 is 2.66 bits per heavy atom.